The average Bonchev–Trinajstić information content (AvgIpc) is 2.41. The standard InChI is InChI=1S/C15H17N3O2/c1-10-4-5-11(8-14(10)18(2)3)17-13-9-16-7-6-12(13)15(19)20/h4-9,17H,1-3H3,(H,19,20). The number of rotatable bonds is 4. The third-order valence-electron chi connectivity index (χ3n) is 3.02. The van der Waals surface area contributed by atoms with Gasteiger partial charge in [0.1, 0.15) is 0 Å². The molecule has 0 fully saturated rings. The van der Waals surface area contributed by atoms with E-state index in [9.17, 15) is 4.79 Å². The molecule has 2 N–H and O–H groups in total. The molecule has 5 nitrogen and oxygen atoms in total. The second-order valence-electron chi connectivity index (χ2n) is 4.75. The maximum absolute atomic E-state index is 11.2. The Morgan fingerprint density at radius 1 is 1.30 bits per heavy atom. The quantitative estimate of drug-likeness (QED) is 0.895. The summed E-state index contributed by atoms with van der Waals surface area (Å²) in [7, 11) is 3.94. The Hall–Kier alpha value is -2.56. The maximum Gasteiger partial charge on any atom is 0.337 e. The molecule has 0 spiro atoms. The molecule has 0 amide bonds. The predicted octanol–water partition coefficient (Wildman–Crippen LogP) is 2.90. The van der Waals surface area contributed by atoms with Crippen molar-refractivity contribution in [2.24, 2.45) is 0 Å². The van der Waals surface area contributed by atoms with Crippen LogP contribution in [0.3, 0.4) is 0 Å². The fraction of sp³-hybridized carbons (Fsp3) is 0.200. The van der Waals surface area contributed by atoms with E-state index in [4.69, 9.17) is 5.11 Å². The van der Waals surface area contributed by atoms with Crippen LogP contribution in [0.5, 0.6) is 0 Å². The molecule has 0 bridgehead atoms. The summed E-state index contributed by atoms with van der Waals surface area (Å²) in [5.74, 6) is -0.977. The van der Waals surface area contributed by atoms with Crippen molar-refractivity contribution >= 4 is 23.0 Å². The van der Waals surface area contributed by atoms with E-state index in [1.807, 2.05) is 44.1 Å². The van der Waals surface area contributed by atoms with E-state index in [0.29, 0.717) is 5.69 Å². The number of pyridine rings is 1. The first-order valence-electron chi connectivity index (χ1n) is 6.21. The van der Waals surface area contributed by atoms with Crippen LogP contribution < -0.4 is 10.2 Å². The van der Waals surface area contributed by atoms with Crippen LogP contribution in [0.2, 0.25) is 0 Å². The minimum absolute atomic E-state index is 0.201. The van der Waals surface area contributed by atoms with Gasteiger partial charge in [0.25, 0.3) is 0 Å². The van der Waals surface area contributed by atoms with E-state index in [2.05, 4.69) is 10.3 Å². The number of aromatic nitrogens is 1. The lowest BCUT2D eigenvalue weighted by atomic mass is 10.1. The Labute approximate surface area is 117 Å². The fourth-order valence-electron chi connectivity index (χ4n) is 2.01. The van der Waals surface area contributed by atoms with Crippen LogP contribution in [0.1, 0.15) is 15.9 Å². The van der Waals surface area contributed by atoms with Gasteiger partial charge in [-0.1, -0.05) is 6.07 Å². The van der Waals surface area contributed by atoms with Crippen LogP contribution in [-0.2, 0) is 0 Å². The van der Waals surface area contributed by atoms with Gasteiger partial charge in [-0.2, -0.15) is 0 Å². The van der Waals surface area contributed by atoms with E-state index >= 15 is 0 Å². The molecule has 0 aliphatic carbocycles. The van der Waals surface area contributed by atoms with Gasteiger partial charge in [-0.15, -0.1) is 0 Å². The Kier molecular flexibility index (Phi) is 3.89. The van der Waals surface area contributed by atoms with Gasteiger partial charge in [0, 0.05) is 31.7 Å². The van der Waals surface area contributed by atoms with Crippen molar-refractivity contribution < 1.29 is 9.90 Å². The number of aromatic carboxylic acids is 1. The highest BCUT2D eigenvalue weighted by molar-refractivity contribution is 5.94. The third kappa shape index (κ3) is 2.88. The number of nitrogens with zero attached hydrogens (tertiary/aromatic N) is 2. The summed E-state index contributed by atoms with van der Waals surface area (Å²) >= 11 is 0. The van der Waals surface area contributed by atoms with Crippen LogP contribution in [0, 0.1) is 6.92 Å². The van der Waals surface area contributed by atoms with Gasteiger partial charge in [0.2, 0.25) is 0 Å². The maximum atomic E-state index is 11.2. The van der Waals surface area contributed by atoms with Gasteiger partial charge in [0.15, 0.2) is 0 Å². The van der Waals surface area contributed by atoms with Crippen LogP contribution in [0.4, 0.5) is 17.1 Å². The zero-order chi connectivity index (χ0) is 14.7. The fourth-order valence-corrected chi connectivity index (χ4v) is 2.01. The zero-order valence-corrected chi connectivity index (χ0v) is 11.7. The zero-order valence-electron chi connectivity index (χ0n) is 11.7. The molecule has 0 aliphatic rings. The summed E-state index contributed by atoms with van der Waals surface area (Å²) in [5, 5.41) is 12.3. The minimum Gasteiger partial charge on any atom is -0.478 e. The second kappa shape index (κ2) is 5.61. The van der Waals surface area contributed by atoms with E-state index in [-0.39, 0.29) is 5.56 Å². The number of carboxylic acid groups (broad SMARTS) is 1. The van der Waals surface area contributed by atoms with Gasteiger partial charge in [-0.05, 0) is 30.7 Å². The van der Waals surface area contributed by atoms with Crippen LogP contribution >= 0.6 is 0 Å². The molecule has 2 rings (SSSR count). The van der Waals surface area contributed by atoms with E-state index < -0.39 is 5.97 Å². The number of carbonyl (C=O) groups is 1. The SMILES string of the molecule is Cc1ccc(Nc2cnccc2C(=O)O)cc1N(C)C. The van der Waals surface area contributed by atoms with Crippen molar-refractivity contribution in [3.05, 3.63) is 47.8 Å². The summed E-state index contributed by atoms with van der Waals surface area (Å²) in [6, 6.07) is 7.37. The molecule has 20 heavy (non-hydrogen) atoms. The lowest BCUT2D eigenvalue weighted by Gasteiger charge is -2.17. The lowest BCUT2D eigenvalue weighted by molar-refractivity contribution is 0.0698. The minimum atomic E-state index is -0.977. The van der Waals surface area contributed by atoms with Gasteiger partial charge >= 0.3 is 5.97 Å². The molecule has 0 aliphatic heterocycles. The van der Waals surface area contributed by atoms with E-state index in [0.717, 1.165) is 16.9 Å². The summed E-state index contributed by atoms with van der Waals surface area (Å²) in [5.41, 5.74) is 3.75. The van der Waals surface area contributed by atoms with Crippen LogP contribution in [0.15, 0.2) is 36.7 Å². The highest BCUT2D eigenvalue weighted by Gasteiger charge is 2.10. The Morgan fingerprint density at radius 3 is 2.70 bits per heavy atom. The van der Waals surface area contributed by atoms with E-state index in [1.165, 1.54) is 18.5 Å². The first-order valence-corrected chi connectivity index (χ1v) is 6.21. The first kappa shape index (κ1) is 13.9. The van der Waals surface area contributed by atoms with Crippen molar-refractivity contribution in [1.29, 1.82) is 0 Å². The highest BCUT2D eigenvalue weighted by atomic mass is 16.4. The van der Waals surface area contributed by atoms with Crippen molar-refractivity contribution in [1.82, 2.24) is 4.98 Å². The van der Waals surface area contributed by atoms with Crippen molar-refractivity contribution in [2.45, 2.75) is 6.92 Å². The number of carboxylic acids is 1. The van der Waals surface area contributed by atoms with Gasteiger partial charge in [-0.3, -0.25) is 4.98 Å². The van der Waals surface area contributed by atoms with Gasteiger partial charge < -0.3 is 15.3 Å². The topological polar surface area (TPSA) is 65.5 Å². The Balaban J connectivity index is 2.36. The number of anilines is 3. The second-order valence-corrected chi connectivity index (χ2v) is 4.75. The molecule has 0 unspecified atom stereocenters. The molecular formula is C15H17N3O2. The summed E-state index contributed by atoms with van der Waals surface area (Å²) < 4.78 is 0. The highest BCUT2D eigenvalue weighted by Crippen LogP contribution is 2.26. The predicted molar refractivity (Wildman–Crippen MR) is 80.0 cm³/mol. The molecule has 1 aromatic heterocycles. The molecule has 1 aromatic carbocycles. The third-order valence-corrected chi connectivity index (χ3v) is 3.02. The molecule has 5 heteroatoms. The van der Waals surface area contributed by atoms with Crippen molar-refractivity contribution in [3.63, 3.8) is 0 Å². The van der Waals surface area contributed by atoms with Gasteiger partial charge in [-0.25, -0.2) is 4.79 Å². The van der Waals surface area contributed by atoms with Gasteiger partial charge in [0.05, 0.1) is 17.4 Å². The molecule has 0 saturated heterocycles. The van der Waals surface area contributed by atoms with Crippen LogP contribution in [-0.4, -0.2) is 30.2 Å². The summed E-state index contributed by atoms with van der Waals surface area (Å²) in [6.45, 7) is 2.03. The molecule has 0 radical (unpaired) electrons. The molecule has 0 saturated carbocycles. The van der Waals surface area contributed by atoms with E-state index in [1.54, 1.807) is 0 Å². The lowest BCUT2D eigenvalue weighted by Crippen LogP contribution is -2.10. The largest absolute Gasteiger partial charge is 0.478 e. The van der Waals surface area contributed by atoms with Crippen LogP contribution in [0.25, 0.3) is 0 Å². The van der Waals surface area contributed by atoms with Crippen molar-refractivity contribution in [2.75, 3.05) is 24.3 Å². The number of hydrogen-bond donors (Lipinski definition) is 2. The number of benzene rings is 1. The van der Waals surface area contributed by atoms with Crippen molar-refractivity contribution in [3.8, 4) is 0 Å². The molecule has 104 valence electrons. The Bertz CT molecular complexity index is 639. The molecule has 1 heterocycles. The number of aryl methyl sites for hydroxylation is 1. The first-order chi connectivity index (χ1) is 9.49. The molecule has 0 atom stereocenters. The Morgan fingerprint density at radius 2 is 2.05 bits per heavy atom. The average molecular weight is 271 g/mol. The monoisotopic (exact) mass is 271 g/mol. The smallest absolute Gasteiger partial charge is 0.337 e. The number of nitrogens with one attached hydrogen (secondary N) is 1. The molecule has 2 aromatic rings. The normalized spacial score (nSPS) is 10.2. The molecular weight excluding hydrogens is 254 g/mol. The summed E-state index contributed by atoms with van der Waals surface area (Å²) in [6.07, 6.45) is 2.98. The summed E-state index contributed by atoms with van der Waals surface area (Å²) in [4.78, 5) is 17.1. The number of hydrogen-bond acceptors (Lipinski definition) is 4.